The molecule has 2 aromatic carbocycles. The van der Waals surface area contributed by atoms with E-state index in [1.807, 2.05) is 35.7 Å². The van der Waals surface area contributed by atoms with Gasteiger partial charge in [-0.2, -0.15) is 0 Å². The summed E-state index contributed by atoms with van der Waals surface area (Å²) in [5.74, 6) is 0.781. The number of benzene rings is 2. The molecule has 3 aromatic rings. The van der Waals surface area contributed by atoms with E-state index in [-0.39, 0.29) is 11.8 Å². The fraction of sp³-hybridized carbons (Fsp3) is 0.182. The van der Waals surface area contributed by atoms with E-state index in [4.69, 9.17) is 9.47 Å². The second kappa shape index (κ2) is 7.97. The van der Waals surface area contributed by atoms with Crippen molar-refractivity contribution in [2.24, 2.45) is 0 Å². The number of ether oxygens (including phenoxy) is 2. The number of amides is 2. The lowest BCUT2D eigenvalue weighted by atomic mass is 10.1. The van der Waals surface area contributed by atoms with Crippen LogP contribution in [-0.4, -0.2) is 32.6 Å². The van der Waals surface area contributed by atoms with E-state index in [0.29, 0.717) is 34.2 Å². The third-order valence-electron chi connectivity index (χ3n) is 4.83. The van der Waals surface area contributed by atoms with E-state index >= 15 is 0 Å². The van der Waals surface area contributed by atoms with Gasteiger partial charge in [-0.05, 0) is 47.7 Å². The fourth-order valence-corrected chi connectivity index (χ4v) is 4.01. The first-order valence-corrected chi connectivity index (χ1v) is 9.99. The van der Waals surface area contributed by atoms with Crippen molar-refractivity contribution in [3.63, 3.8) is 0 Å². The maximum Gasteiger partial charge on any atom is 0.268 e. The molecule has 1 aliphatic rings. The summed E-state index contributed by atoms with van der Waals surface area (Å²) in [7, 11) is 3.08. The molecule has 148 valence electrons. The largest absolute Gasteiger partial charge is 0.497 e. The molecule has 0 unspecified atom stereocenters. The Bertz CT molecular complexity index is 1040. The van der Waals surface area contributed by atoms with Crippen LogP contribution in [0.4, 0.5) is 11.4 Å². The Morgan fingerprint density at radius 1 is 1.03 bits per heavy atom. The topological polar surface area (TPSA) is 67.9 Å². The highest BCUT2D eigenvalue weighted by Crippen LogP contribution is 2.33. The molecule has 0 spiro atoms. The predicted octanol–water partition coefficient (Wildman–Crippen LogP) is 4.22. The summed E-state index contributed by atoms with van der Waals surface area (Å²) in [6, 6.07) is 14.4. The summed E-state index contributed by atoms with van der Waals surface area (Å²) >= 11 is 1.43. The molecule has 0 aliphatic carbocycles. The van der Waals surface area contributed by atoms with Gasteiger partial charge in [0, 0.05) is 29.5 Å². The zero-order chi connectivity index (χ0) is 20.4. The first kappa shape index (κ1) is 19.0. The average molecular weight is 408 g/mol. The van der Waals surface area contributed by atoms with Gasteiger partial charge in [0.2, 0.25) is 0 Å². The van der Waals surface area contributed by atoms with Crippen LogP contribution >= 0.6 is 11.3 Å². The number of hydrogen-bond acceptors (Lipinski definition) is 5. The Labute approximate surface area is 172 Å². The van der Waals surface area contributed by atoms with Crippen molar-refractivity contribution in [2.75, 3.05) is 31.0 Å². The van der Waals surface area contributed by atoms with Crippen molar-refractivity contribution in [3.05, 3.63) is 69.9 Å². The molecule has 0 atom stereocenters. The van der Waals surface area contributed by atoms with Crippen LogP contribution in [-0.2, 0) is 6.42 Å². The van der Waals surface area contributed by atoms with Crippen LogP contribution in [0.2, 0.25) is 0 Å². The summed E-state index contributed by atoms with van der Waals surface area (Å²) in [5.41, 5.74) is 2.98. The van der Waals surface area contributed by atoms with Crippen LogP contribution in [0.5, 0.6) is 11.5 Å². The fourth-order valence-electron chi connectivity index (χ4n) is 3.34. The van der Waals surface area contributed by atoms with Gasteiger partial charge >= 0.3 is 0 Å². The predicted molar refractivity (Wildman–Crippen MR) is 114 cm³/mol. The van der Waals surface area contributed by atoms with Crippen molar-refractivity contribution in [3.8, 4) is 11.5 Å². The van der Waals surface area contributed by atoms with Crippen LogP contribution in [0.25, 0.3) is 0 Å². The molecule has 0 bridgehead atoms. The number of carbonyl (C=O) groups excluding carboxylic acids is 2. The van der Waals surface area contributed by atoms with Crippen molar-refractivity contribution in [2.45, 2.75) is 6.42 Å². The van der Waals surface area contributed by atoms with E-state index < -0.39 is 0 Å². The first-order valence-electron chi connectivity index (χ1n) is 9.12. The molecule has 29 heavy (non-hydrogen) atoms. The molecule has 0 saturated carbocycles. The van der Waals surface area contributed by atoms with Gasteiger partial charge in [-0.1, -0.05) is 12.1 Å². The summed E-state index contributed by atoms with van der Waals surface area (Å²) in [6.45, 7) is 0.635. The molecule has 0 radical (unpaired) electrons. The highest BCUT2D eigenvalue weighted by molar-refractivity contribution is 7.12. The Morgan fingerprint density at radius 2 is 1.79 bits per heavy atom. The molecule has 1 aliphatic heterocycles. The average Bonchev–Trinajstić information content (AvgIpc) is 3.42. The van der Waals surface area contributed by atoms with Gasteiger partial charge in [0.1, 0.15) is 11.5 Å². The number of carbonyl (C=O) groups is 2. The van der Waals surface area contributed by atoms with E-state index in [2.05, 4.69) is 5.32 Å². The highest BCUT2D eigenvalue weighted by atomic mass is 32.1. The molecule has 4 rings (SSSR count). The number of thiophene rings is 1. The van der Waals surface area contributed by atoms with Crippen molar-refractivity contribution >= 4 is 34.5 Å². The standard InChI is InChI=1S/C22H20N2O4S/c1-27-17-10-15(11-18(13-17)28-2)21(25)23-16-6-5-14-7-8-24(19(14)12-16)22(26)20-4-3-9-29-20/h3-6,9-13H,7-8H2,1-2H3,(H,23,25). The SMILES string of the molecule is COc1cc(OC)cc(C(=O)Nc2ccc3c(c2)N(C(=O)c2cccs2)CC3)c1. The third kappa shape index (κ3) is 3.82. The second-order valence-electron chi connectivity index (χ2n) is 6.58. The lowest BCUT2D eigenvalue weighted by Crippen LogP contribution is -2.28. The monoisotopic (exact) mass is 408 g/mol. The molecule has 2 amide bonds. The third-order valence-corrected chi connectivity index (χ3v) is 5.69. The Morgan fingerprint density at radius 3 is 2.45 bits per heavy atom. The normalized spacial score (nSPS) is 12.4. The van der Waals surface area contributed by atoms with Gasteiger partial charge in [-0.25, -0.2) is 0 Å². The van der Waals surface area contributed by atoms with Crippen LogP contribution in [0.3, 0.4) is 0 Å². The molecular weight excluding hydrogens is 388 g/mol. The molecule has 0 saturated heterocycles. The maximum atomic E-state index is 12.8. The zero-order valence-corrected chi connectivity index (χ0v) is 16.9. The number of nitrogens with zero attached hydrogens (tertiary/aromatic N) is 1. The Hall–Kier alpha value is -3.32. The Balaban J connectivity index is 1.57. The molecule has 6 nitrogen and oxygen atoms in total. The maximum absolute atomic E-state index is 12.8. The minimum Gasteiger partial charge on any atom is -0.497 e. The van der Waals surface area contributed by atoms with Gasteiger partial charge in [-0.15, -0.1) is 11.3 Å². The van der Waals surface area contributed by atoms with Crippen LogP contribution < -0.4 is 19.7 Å². The lowest BCUT2D eigenvalue weighted by Gasteiger charge is -2.17. The number of methoxy groups -OCH3 is 2. The molecule has 1 aromatic heterocycles. The molecule has 7 heteroatoms. The molecule has 2 heterocycles. The molecular formula is C22H20N2O4S. The molecule has 0 fully saturated rings. The summed E-state index contributed by atoms with van der Waals surface area (Å²) in [6.07, 6.45) is 0.799. The number of anilines is 2. The van der Waals surface area contributed by atoms with Gasteiger partial charge in [-0.3, -0.25) is 9.59 Å². The van der Waals surface area contributed by atoms with E-state index in [1.165, 1.54) is 25.6 Å². The van der Waals surface area contributed by atoms with Crippen molar-refractivity contribution < 1.29 is 19.1 Å². The van der Waals surface area contributed by atoms with Gasteiger partial charge in [0.25, 0.3) is 11.8 Å². The van der Waals surface area contributed by atoms with Crippen LogP contribution in [0, 0.1) is 0 Å². The van der Waals surface area contributed by atoms with Crippen LogP contribution in [0.15, 0.2) is 53.9 Å². The summed E-state index contributed by atoms with van der Waals surface area (Å²) in [4.78, 5) is 28.0. The van der Waals surface area contributed by atoms with Crippen molar-refractivity contribution in [1.82, 2.24) is 0 Å². The zero-order valence-electron chi connectivity index (χ0n) is 16.1. The lowest BCUT2D eigenvalue weighted by molar-refractivity contribution is 0.0991. The second-order valence-corrected chi connectivity index (χ2v) is 7.53. The molecule has 1 N–H and O–H groups in total. The van der Waals surface area contributed by atoms with E-state index in [0.717, 1.165) is 17.7 Å². The van der Waals surface area contributed by atoms with Gasteiger partial charge in [0.15, 0.2) is 0 Å². The quantitative estimate of drug-likeness (QED) is 0.686. The van der Waals surface area contributed by atoms with Crippen molar-refractivity contribution in [1.29, 1.82) is 0 Å². The first-order chi connectivity index (χ1) is 14.1. The minimum atomic E-state index is -0.281. The van der Waals surface area contributed by atoms with E-state index in [9.17, 15) is 9.59 Å². The summed E-state index contributed by atoms with van der Waals surface area (Å²) in [5, 5.41) is 4.79. The van der Waals surface area contributed by atoms with Gasteiger partial charge < -0.3 is 19.7 Å². The minimum absolute atomic E-state index is 0.0141. The van der Waals surface area contributed by atoms with Crippen LogP contribution in [0.1, 0.15) is 25.6 Å². The van der Waals surface area contributed by atoms with E-state index in [1.54, 1.807) is 23.1 Å². The van der Waals surface area contributed by atoms with Gasteiger partial charge in [0.05, 0.1) is 19.1 Å². The number of fused-ring (bicyclic) bond motifs is 1. The Kier molecular flexibility index (Phi) is 5.22. The summed E-state index contributed by atoms with van der Waals surface area (Å²) < 4.78 is 10.5. The number of rotatable bonds is 5. The smallest absolute Gasteiger partial charge is 0.268 e. The highest BCUT2D eigenvalue weighted by Gasteiger charge is 2.26. The number of nitrogens with one attached hydrogen (secondary N) is 1. The number of hydrogen-bond donors (Lipinski definition) is 1.